The summed E-state index contributed by atoms with van der Waals surface area (Å²) in [5.74, 6) is -0.845. The van der Waals surface area contributed by atoms with E-state index in [0.717, 1.165) is 44.9 Å². The largest absolute Gasteiger partial charge is 0.480 e. The Morgan fingerprint density at radius 3 is 2.06 bits per heavy atom. The van der Waals surface area contributed by atoms with Crippen LogP contribution in [0.15, 0.2) is 0 Å². The molecule has 102 valence electrons. The van der Waals surface area contributed by atoms with Crippen LogP contribution >= 0.6 is 0 Å². The topological polar surface area (TPSA) is 66.4 Å². The van der Waals surface area contributed by atoms with Crippen molar-refractivity contribution in [2.45, 2.75) is 69.7 Å². The van der Waals surface area contributed by atoms with E-state index >= 15 is 0 Å². The van der Waals surface area contributed by atoms with Gasteiger partial charge in [-0.3, -0.25) is 4.79 Å². The molecule has 0 bridgehead atoms. The van der Waals surface area contributed by atoms with E-state index in [0.29, 0.717) is 12.8 Å². The number of aliphatic carboxylic acids is 1. The summed E-state index contributed by atoms with van der Waals surface area (Å²) in [6, 6.07) is 0. The van der Waals surface area contributed by atoms with E-state index in [1.807, 2.05) is 0 Å². The van der Waals surface area contributed by atoms with Crippen LogP contribution in [-0.2, 0) is 9.59 Å². The van der Waals surface area contributed by atoms with Crippen LogP contribution in [-0.4, -0.2) is 22.5 Å². The van der Waals surface area contributed by atoms with E-state index < -0.39 is 11.5 Å². The molecule has 0 unspecified atom stereocenters. The number of carboxylic acid groups (broad SMARTS) is 1. The van der Waals surface area contributed by atoms with Crippen LogP contribution in [0.4, 0.5) is 0 Å². The van der Waals surface area contributed by atoms with Gasteiger partial charge < -0.3 is 10.4 Å². The maximum Gasteiger partial charge on any atom is 0.329 e. The Morgan fingerprint density at radius 1 is 0.944 bits per heavy atom. The van der Waals surface area contributed by atoms with Crippen molar-refractivity contribution in [1.82, 2.24) is 5.32 Å². The molecule has 1 amide bonds. The lowest BCUT2D eigenvalue weighted by Gasteiger charge is -2.35. The standard InChI is InChI=1S/C14H23NO3/c16-12(11-7-3-1-4-8-11)15-14(13(17)18)9-5-2-6-10-14/h11H,1-10H2,(H,15,16)(H,17,18). The highest BCUT2D eigenvalue weighted by Crippen LogP contribution is 2.30. The first kappa shape index (κ1) is 13.4. The molecule has 0 spiro atoms. The van der Waals surface area contributed by atoms with Gasteiger partial charge >= 0.3 is 5.97 Å². The van der Waals surface area contributed by atoms with Crippen molar-refractivity contribution in [3.8, 4) is 0 Å². The fraction of sp³-hybridized carbons (Fsp3) is 0.857. The Bertz CT molecular complexity index is 315. The summed E-state index contributed by atoms with van der Waals surface area (Å²) in [7, 11) is 0. The van der Waals surface area contributed by atoms with Crippen LogP contribution in [0.3, 0.4) is 0 Å². The Kier molecular flexibility index (Phi) is 4.25. The molecule has 18 heavy (non-hydrogen) atoms. The number of amides is 1. The molecule has 2 rings (SSSR count). The Hall–Kier alpha value is -1.06. The molecule has 2 aliphatic rings. The molecule has 4 nitrogen and oxygen atoms in total. The molecule has 0 saturated heterocycles. The zero-order valence-corrected chi connectivity index (χ0v) is 10.9. The van der Waals surface area contributed by atoms with Crippen LogP contribution in [0, 0.1) is 5.92 Å². The van der Waals surface area contributed by atoms with E-state index in [1.165, 1.54) is 6.42 Å². The van der Waals surface area contributed by atoms with E-state index in [4.69, 9.17) is 0 Å². The Morgan fingerprint density at radius 2 is 1.50 bits per heavy atom. The lowest BCUT2D eigenvalue weighted by molar-refractivity contribution is -0.150. The second-order valence-electron chi connectivity index (χ2n) is 5.77. The second-order valence-corrected chi connectivity index (χ2v) is 5.77. The van der Waals surface area contributed by atoms with Crippen LogP contribution in [0.2, 0.25) is 0 Å². The molecule has 2 saturated carbocycles. The SMILES string of the molecule is O=C(NC1(C(=O)O)CCCCC1)C1CCCCC1. The lowest BCUT2D eigenvalue weighted by Crippen LogP contribution is -2.57. The van der Waals surface area contributed by atoms with Crippen molar-refractivity contribution in [3.05, 3.63) is 0 Å². The quantitative estimate of drug-likeness (QED) is 0.812. The summed E-state index contributed by atoms with van der Waals surface area (Å²) in [6.45, 7) is 0. The fourth-order valence-corrected chi connectivity index (χ4v) is 3.25. The molecular weight excluding hydrogens is 230 g/mol. The first-order valence-corrected chi connectivity index (χ1v) is 7.19. The predicted octanol–water partition coefficient (Wildman–Crippen LogP) is 2.47. The number of hydrogen-bond acceptors (Lipinski definition) is 2. The van der Waals surface area contributed by atoms with Gasteiger partial charge in [0.05, 0.1) is 0 Å². The van der Waals surface area contributed by atoms with Gasteiger partial charge in [-0.2, -0.15) is 0 Å². The van der Waals surface area contributed by atoms with Gasteiger partial charge in [-0.1, -0.05) is 38.5 Å². The van der Waals surface area contributed by atoms with Crippen LogP contribution in [0.1, 0.15) is 64.2 Å². The maximum atomic E-state index is 12.2. The van der Waals surface area contributed by atoms with Gasteiger partial charge in [-0.25, -0.2) is 4.79 Å². The summed E-state index contributed by atoms with van der Waals surface area (Å²) in [5.41, 5.74) is -0.979. The highest BCUT2D eigenvalue weighted by atomic mass is 16.4. The minimum absolute atomic E-state index is 0.0287. The number of carboxylic acids is 1. The molecule has 0 atom stereocenters. The third-order valence-corrected chi connectivity index (χ3v) is 4.45. The molecule has 0 radical (unpaired) electrons. The number of hydrogen-bond donors (Lipinski definition) is 2. The molecule has 4 heteroatoms. The molecule has 0 aromatic carbocycles. The summed E-state index contributed by atoms with van der Waals surface area (Å²) in [4.78, 5) is 23.7. The molecule has 0 aliphatic heterocycles. The zero-order chi connectivity index (χ0) is 13.0. The summed E-state index contributed by atoms with van der Waals surface area (Å²) >= 11 is 0. The molecule has 2 aliphatic carbocycles. The summed E-state index contributed by atoms with van der Waals surface area (Å²) in [6.07, 6.45) is 9.28. The highest BCUT2D eigenvalue weighted by Gasteiger charge is 2.42. The van der Waals surface area contributed by atoms with Crippen LogP contribution in [0.25, 0.3) is 0 Å². The van der Waals surface area contributed by atoms with Gasteiger partial charge in [0.2, 0.25) is 5.91 Å². The van der Waals surface area contributed by atoms with Crippen molar-refractivity contribution in [2.75, 3.05) is 0 Å². The van der Waals surface area contributed by atoms with Gasteiger partial charge in [0.1, 0.15) is 5.54 Å². The molecule has 0 aromatic rings. The van der Waals surface area contributed by atoms with Gasteiger partial charge in [-0.15, -0.1) is 0 Å². The van der Waals surface area contributed by atoms with E-state index in [-0.39, 0.29) is 11.8 Å². The van der Waals surface area contributed by atoms with Crippen molar-refractivity contribution in [1.29, 1.82) is 0 Å². The highest BCUT2D eigenvalue weighted by molar-refractivity contribution is 5.88. The minimum Gasteiger partial charge on any atom is -0.480 e. The average molecular weight is 253 g/mol. The lowest BCUT2D eigenvalue weighted by atomic mass is 9.80. The fourth-order valence-electron chi connectivity index (χ4n) is 3.25. The molecule has 2 fully saturated rings. The second kappa shape index (κ2) is 5.72. The van der Waals surface area contributed by atoms with E-state index in [9.17, 15) is 14.7 Å². The van der Waals surface area contributed by atoms with Crippen molar-refractivity contribution >= 4 is 11.9 Å². The molecule has 2 N–H and O–H groups in total. The predicted molar refractivity (Wildman–Crippen MR) is 68.2 cm³/mol. The summed E-state index contributed by atoms with van der Waals surface area (Å²) < 4.78 is 0. The molecule has 0 heterocycles. The smallest absolute Gasteiger partial charge is 0.329 e. The van der Waals surface area contributed by atoms with Gasteiger partial charge in [0.25, 0.3) is 0 Å². The average Bonchev–Trinajstić information content (AvgIpc) is 2.40. The van der Waals surface area contributed by atoms with Gasteiger partial charge in [-0.05, 0) is 25.7 Å². The zero-order valence-electron chi connectivity index (χ0n) is 10.9. The van der Waals surface area contributed by atoms with Crippen LogP contribution in [0.5, 0.6) is 0 Å². The first-order valence-electron chi connectivity index (χ1n) is 7.19. The number of carbonyl (C=O) groups is 2. The Labute approximate surface area is 108 Å². The van der Waals surface area contributed by atoms with E-state index in [2.05, 4.69) is 5.32 Å². The van der Waals surface area contributed by atoms with Crippen molar-refractivity contribution in [3.63, 3.8) is 0 Å². The molecular formula is C14H23NO3. The number of rotatable bonds is 3. The number of nitrogens with one attached hydrogen (secondary N) is 1. The van der Waals surface area contributed by atoms with Crippen molar-refractivity contribution in [2.24, 2.45) is 5.92 Å². The van der Waals surface area contributed by atoms with Crippen LogP contribution < -0.4 is 5.32 Å². The third-order valence-electron chi connectivity index (χ3n) is 4.45. The molecule has 0 aromatic heterocycles. The first-order chi connectivity index (χ1) is 8.64. The maximum absolute atomic E-state index is 12.2. The van der Waals surface area contributed by atoms with Gasteiger partial charge in [0, 0.05) is 5.92 Å². The number of carbonyl (C=O) groups excluding carboxylic acids is 1. The van der Waals surface area contributed by atoms with E-state index in [1.54, 1.807) is 0 Å². The summed E-state index contributed by atoms with van der Waals surface area (Å²) in [5, 5.41) is 12.3. The normalized spacial score (nSPS) is 24.4. The van der Waals surface area contributed by atoms with Gasteiger partial charge in [0.15, 0.2) is 0 Å². The Balaban J connectivity index is 1.99. The minimum atomic E-state index is -0.979. The monoisotopic (exact) mass is 253 g/mol. The third kappa shape index (κ3) is 2.85. The van der Waals surface area contributed by atoms with Crippen molar-refractivity contribution < 1.29 is 14.7 Å².